The molecule has 0 aliphatic carbocycles. The number of carbonyl (C=O) groups is 2. The Bertz CT molecular complexity index is 731. The van der Waals surface area contributed by atoms with Gasteiger partial charge in [0.05, 0.1) is 0 Å². The number of carbonyl (C=O) groups excluding carboxylic acids is 1. The lowest BCUT2D eigenvalue weighted by Crippen LogP contribution is -2.29. The Morgan fingerprint density at radius 2 is 2.04 bits per heavy atom. The molecule has 24 heavy (non-hydrogen) atoms. The normalized spacial score (nSPS) is 11.5. The van der Waals surface area contributed by atoms with Crippen LogP contribution in [-0.4, -0.2) is 28.6 Å². The number of carboxylic acid groups (broad SMARTS) is 1. The third-order valence-electron chi connectivity index (χ3n) is 3.22. The topological polar surface area (TPSA) is 104 Å². The highest BCUT2D eigenvalue weighted by molar-refractivity contribution is 5.91. The van der Waals surface area contributed by atoms with Crippen LogP contribution < -0.4 is 10.6 Å². The van der Waals surface area contributed by atoms with Crippen LogP contribution in [0.15, 0.2) is 22.6 Å². The van der Waals surface area contributed by atoms with E-state index in [0.29, 0.717) is 35.6 Å². The van der Waals surface area contributed by atoms with E-state index in [2.05, 4.69) is 36.4 Å². The zero-order valence-corrected chi connectivity index (χ0v) is 14.2. The minimum Gasteiger partial charge on any atom is -0.481 e. The lowest BCUT2D eigenvalue weighted by molar-refractivity contribution is -0.137. The van der Waals surface area contributed by atoms with Crippen molar-refractivity contribution in [3.63, 3.8) is 0 Å². The van der Waals surface area contributed by atoms with E-state index >= 15 is 0 Å². The second-order valence-corrected chi connectivity index (χ2v) is 6.91. The van der Waals surface area contributed by atoms with Gasteiger partial charge in [0.1, 0.15) is 5.52 Å². The predicted molar refractivity (Wildman–Crippen MR) is 91.1 cm³/mol. The second kappa shape index (κ2) is 7.33. The number of nitrogens with one attached hydrogen (secondary N) is 2. The minimum absolute atomic E-state index is 0.0295. The van der Waals surface area contributed by atoms with Gasteiger partial charge < -0.3 is 20.2 Å². The Hall–Kier alpha value is -2.57. The monoisotopic (exact) mass is 333 g/mol. The molecule has 0 fully saturated rings. The number of hydrogen-bond acceptors (Lipinski definition) is 4. The maximum atomic E-state index is 11.8. The molecule has 1 aromatic heterocycles. The minimum atomic E-state index is -0.875. The zero-order valence-electron chi connectivity index (χ0n) is 14.2. The molecule has 7 heteroatoms. The smallest absolute Gasteiger partial charge is 0.319 e. The molecule has 2 amide bonds. The highest BCUT2D eigenvalue weighted by Gasteiger charge is 2.16. The molecule has 0 bridgehead atoms. The van der Waals surface area contributed by atoms with E-state index < -0.39 is 5.97 Å². The fraction of sp³-hybridized carbons (Fsp3) is 0.471. The van der Waals surface area contributed by atoms with Gasteiger partial charge in [0, 0.05) is 25.1 Å². The largest absolute Gasteiger partial charge is 0.481 e. The van der Waals surface area contributed by atoms with Crippen LogP contribution in [0.5, 0.6) is 0 Å². The van der Waals surface area contributed by atoms with Crippen LogP contribution in [-0.2, 0) is 11.2 Å². The number of nitrogens with zero attached hydrogens (tertiary/aromatic N) is 1. The fourth-order valence-corrected chi connectivity index (χ4v) is 2.20. The number of anilines is 1. The van der Waals surface area contributed by atoms with Crippen LogP contribution in [0.4, 0.5) is 10.5 Å². The summed E-state index contributed by atoms with van der Waals surface area (Å²) in [6, 6.07) is 4.89. The maximum Gasteiger partial charge on any atom is 0.319 e. The highest BCUT2D eigenvalue weighted by Crippen LogP contribution is 2.25. The summed E-state index contributed by atoms with van der Waals surface area (Å²) < 4.78 is 5.71. The maximum absolute atomic E-state index is 11.8. The first-order valence-corrected chi connectivity index (χ1v) is 7.89. The van der Waals surface area contributed by atoms with Gasteiger partial charge >= 0.3 is 12.0 Å². The van der Waals surface area contributed by atoms with Gasteiger partial charge in [0.15, 0.2) is 11.5 Å². The summed E-state index contributed by atoms with van der Waals surface area (Å²) in [6.07, 6.45) is 1.15. The van der Waals surface area contributed by atoms with Crippen LogP contribution in [0.2, 0.25) is 0 Å². The molecular weight excluding hydrogens is 310 g/mol. The molecular formula is C17H23N3O4. The lowest BCUT2D eigenvalue weighted by atomic mass is 9.92. The Labute approximate surface area is 140 Å². The standard InChI is InChI=1S/C17H23N3O4/c1-17(2,3)10-14-20-12-9-11(6-7-13(12)24-14)19-16(23)18-8-4-5-15(21)22/h6-7,9H,4-5,8,10H2,1-3H3,(H,21,22)(H2,18,19,23). The molecule has 0 aliphatic rings. The molecule has 0 saturated heterocycles. The van der Waals surface area contributed by atoms with Gasteiger partial charge in [-0.05, 0) is 30.0 Å². The van der Waals surface area contributed by atoms with E-state index in [1.807, 2.05) is 0 Å². The van der Waals surface area contributed by atoms with Crippen molar-refractivity contribution in [3.05, 3.63) is 24.1 Å². The van der Waals surface area contributed by atoms with Crippen molar-refractivity contribution >= 4 is 28.8 Å². The summed E-state index contributed by atoms with van der Waals surface area (Å²) in [5.41, 5.74) is 2.06. The molecule has 0 atom stereocenters. The summed E-state index contributed by atoms with van der Waals surface area (Å²) >= 11 is 0. The van der Waals surface area contributed by atoms with Gasteiger partial charge in [-0.1, -0.05) is 20.8 Å². The average Bonchev–Trinajstić information content (AvgIpc) is 2.82. The van der Waals surface area contributed by atoms with Gasteiger partial charge in [-0.25, -0.2) is 9.78 Å². The summed E-state index contributed by atoms with van der Waals surface area (Å²) in [5.74, 6) is -0.201. The quantitative estimate of drug-likeness (QED) is 0.703. The molecule has 0 unspecified atom stereocenters. The molecule has 2 aromatic rings. The first-order valence-electron chi connectivity index (χ1n) is 7.89. The van der Waals surface area contributed by atoms with Crippen molar-refractivity contribution in [1.82, 2.24) is 10.3 Å². The number of amides is 2. The summed E-state index contributed by atoms with van der Waals surface area (Å²) in [4.78, 5) is 26.6. The van der Waals surface area contributed by atoms with Crippen molar-refractivity contribution in [1.29, 1.82) is 0 Å². The highest BCUT2D eigenvalue weighted by atomic mass is 16.4. The number of hydrogen-bond donors (Lipinski definition) is 3. The Morgan fingerprint density at radius 3 is 2.71 bits per heavy atom. The number of benzene rings is 1. The third kappa shape index (κ3) is 5.57. The van der Waals surface area contributed by atoms with E-state index in [0.717, 1.165) is 6.42 Å². The molecule has 0 saturated carbocycles. The van der Waals surface area contributed by atoms with Crippen molar-refractivity contribution in [2.45, 2.75) is 40.0 Å². The number of oxazole rings is 1. The Kier molecular flexibility index (Phi) is 5.43. The van der Waals surface area contributed by atoms with Gasteiger partial charge in [-0.3, -0.25) is 4.79 Å². The van der Waals surface area contributed by atoms with Crippen molar-refractivity contribution in [2.24, 2.45) is 5.41 Å². The van der Waals surface area contributed by atoms with Crippen LogP contribution in [0.25, 0.3) is 11.1 Å². The Balaban J connectivity index is 1.95. The summed E-state index contributed by atoms with van der Waals surface area (Å²) in [7, 11) is 0. The first-order chi connectivity index (χ1) is 11.2. The van der Waals surface area contributed by atoms with Gasteiger partial charge in [0.25, 0.3) is 0 Å². The van der Waals surface area contributed by atoms with Crippen molar-refractivity contribution in [2.75, 3.05) is 11.9 Å². The average molecular weight is 333 g/mol. The fourth-order valence-electron chi connectivity index (χ4n) is 2.20. The van der Waals surface area contributed by atoms with Gasteiger partial charge in [0.2, 0.25) is 0 Å². The number of fused-ring (bicyclic) bond motifs is 1. The number of rotatable bonds is 6. The number of aliphatic carboxylic acids is 1. The Morgan fingerprint density at radius 1 is 1.29 bits per heavy atom. The van der Waals surface area contributed by atoms with E-state index in [9.17, 15) is 9.59 Å². The van der Waals surface area contributed by atoms with Gasteiger partial charge in [-0.15, -0.1) is 0 Å². The predicted octanol–water partition coefficient (Wildman–Crippen LogP) is 3.40. The van der Waals surface area contributed by atoms with E-state index in [-0.39, 0.29) is 17.9 Å². The molecule has 3 N–H and O–H groups in total. The van der Waals surface area contributed by atoms with Crippen molar-refractivity contribution in [3.8, 4) is 0 Å². The number of aromatic nitrogens is 1. The SMILES string of the molecule is CC(C)(C)Cc1nc2cc(NC(=O)NCCCC(=O)O)ccc2o1. The van der Waals surface area contributed by atoms with E-state index in [4.69, 9.17) is 9.52 Å². The molecule has 0 radical (unpaired) electrons. The van der Waals surface area contributed by atoms with E-state index in [1.165, 1.54) is 0 Å². The molecule has 130 valence electrons. The second-order valence-electron chi connectivity index (χ2n) is 6.91. The van der Waals surface area contributed by atoms with Crippen LogP contribution in [0.1, 0.15) is 39.5 Å². The molecule has 2 rings (SSSR count). The summed E-state index contributed by atoms with van der Waals surface area (Å²) in [5, 5.41) is 13.9. The van der Waals surface area contributed by atoms with Crippen LogP contribution in [0, 0.1) is 5.41 Å². The van der Waals surface area contributed by atoms with E-state index in [1.54, 1.807) is 18.2 Å². The zero-order chi connectivity index (χ0) is 17.7. The lowest BCUT2D eigenvalue weighted by Gasteiger charge is -2.14. The van der Waals surface area contributed by atoms with Gasteiger partial charge in [-0.2, -0.15) is 0 Å². The molecule has 1 aromatic carbocycles. The number of urea groups is 1. The van der Waals surface area contributed by atoms with Crippen molar-refractivity contribution < 1.29 is 19.1 Å². The van der Waals surface area contributed by atoms with Crippen LogP contribution in [0.3, 0.4) is 0 Å². The first kappa shape index (κ1) is 17.8. The third-order valence-corrected chi connectivity index (χ3v) is 3.22. The summed E-state index contributed by atoms with van der Waals surface area (Å²) in [6.45, 7) is 6.65. The number of carboxylic acids is 1. The molecule has 0 aliphatic heterocycles. The van der Waals surface area contributed by atoms with Crippen LogP contribution >= 0.6 is 0 Å². The molecule has 0 spiro atoms. The molecule has 1 heterocycles. The molecule has 7 nitrogen and oxygen atoms in total.